The van der Waals surface area contributed by atoms with Gasteiger partial charge in [-0.1, -0.05) is 55.8 Å². The lowest BCUT2D eigenvalue weighted by Crippen LogP contribution is -1.86. The average molecular weight is 313 g/mol. The summed E-state index contributed by atoms with van der Waals surface area (Å²) in [4.78, 5) is 0. The molecule has 0 bridgehead atoms. The van der Waals surface area contributed by atoms with Gasteiger partial charge in [0.05, 0.1) is 0 Å². The van der Waals surface area contributed by atoms with Gasteiger partial charge in [0.25, 0.3) is 0 Å². The van der Waals surface area contributed by atoms with Gasteiger partial charge >= 0.3 is 0 Å². The van der Waals surface area contributed by atoms with E-state index in [-0.39, 0.29) is 0 Å². The van der Waals surface area contributed by atoms with E-state index in [1.807, 2.05) is 0 Å². The quantitative estimate of drug-likeness (QED) is 0.513. The van der Waals surface area contributed by atoms with Crippen molar-refractivity contribution < 1.29 is 0 Å². The molecule has 0 radical (unpaired) electrons. The SMILES string of the molecule is CCCCc1ccc2cc3ccccc3c(Br)c2c1. The fourth-order valence-electron chi connectivity index (χ4n) is 2.59. The van der Waals surface area contributed by atoms with Crippen molar-refractivity contribution in [2.24, 2.45) is 0 Å². The summed E-state index contributed by atoms with van der Waals surface area (Å²) in [5.41, 5.74) is 1.44. The number of unbranched alkanes of at least 4 members (excludes halogenated alkanes) is 1. The molecule has 0 aromatic heterocycles. The fraction of sp³-hybridized carbons (Fsp3) is 0.222. The second-order valence-corrected chi connectivity index (χ2v) is 5.86. The predicted octanol–water partition coefficient (Wildman–Crippen LogP) is 6.10. The first-order valence-electron chi connectivity index (χ1n) is 6.89. The molecule has 96 valence electrons. The zero-order valence-electron chi connectivity index (χ0n) is 11.1. The second-order valence-electron chi connectivity index (χ2n) is 5.07. The number of hydrogen-bond donors (Lipinski definition) is 0. The summed E-state index contributed by atoms with van der Waals surface area (Å²) in [6.07, 6.45) is 3.68. The molecular formula is C18H17Br. The van der Waals surface area contributed by atoms with Crippen molar-refractivity contribution in [1.29, 1.82) is 0 Å². The third-order valence-electron chi connectivity index (χ3n) is 3.68. The van der Waals surface area contributed by atoms with Crippen molar-refractivity contribution in [3.63, 3.8) is 0 Å². The van der Waals surface area contributed by atoms with Crippen LogP contribution < -0.4 is 0 Å². The summed E-state index contributed by atoms with van der Waals surface area (Å²) >= 11 is 3.78. The fourth-order valence-corrected chi connectivity index (χ4v) is 3.30. The van der Waals surface area contributed by atoms with Crippen molar-refractivity contribution in [2.45, 2.75) is 26.2 Å². The summed E-state index contributed by atoms with van der Waals surface area (Å²) in [7, 11) is 0. The van der Waals surface area contributed by atoms with Crippen molar-refractivity contribution >= 4 is 37.5 Å². The Morgan fingerprint density at radius 3 is 2.53 bits per heavy atom. The molecule has 0 unspecified atom stereocenters. The monoisotopic (exact) mass is 312 g/mol. The van der Waals surface area contributed by atoms with Crippen LogP contribution >= 0.6 is 15.9 Å². The summed E-state index contributed by atoms with van der Waals surface area (Å²) < 4.78 is 1.22. The lowest BCUT2D eigenvalue weighted by Gasteiger charge is -2.08. The highest BCUT2D eigenvalue weighted by Gasteiger charge is 2.05. The average Bonchev–Trinajstić information content (AvgIpc) is 2.46. The van der Waals surface area contributed by atoms with Gasteiger partial charge in [0.15, 0.2) is 0 Å². The number of rotatable bonds is 3. The molecule has 0 aliphatic heterocycles. The van der Waals surface area contributed by atoms with E-state index < -0.39 is 0 Å². The van der Waals surface area contributed by atoms with Crippen molar-refractivity contribution in [3.05, 3.63) is 58.6 Å². The number of fused-ring (bicyclic) bond motifs is 2. The molecule has 0 N–H and O–H groups in total. The van der Waals surface area contributed by atoms with Crippen LogP contribution in [0.3, 0.4) is 0 Å². The Kier molecular flexibility index (Phi) is 3.56. The van der Waals surface area contributed by atoms with Crippen LogP contribution in [0.15, 0.2) is 53.0 Å². The molecule has 0 aliphatic rings. The molecule has 0 amide bonds. The first kappa shape index (κ1) is 12.7. The maximum absolute atomic E-state index is 3.78. The number of hydrogen-bond acceptors (Lipinski definition) is 0. The van der Waals surface area contributed by atoms with Crippen LogP contribution in [0.25, 0.3) is 21.5 Å². The molecule has 3 rings (SSSR count). The van der Waals surface area contributed by atoms with Gasteiger partial charge in [0.1, 0.15) is 0 Å². The second kappa shape index (κ2) is 5.34. The lowest BCUT2D eigenvalue weighted by atomic mass is 10.00. The van der Waals surface area contributed by atoms with E-state index in [1.54, 1.807) is 0 Å². The number of aryl methyl sites for hydroxylation is 1. The van der Waals surface area contributed by atoms with Gasteiger partial charge in [-0.25, -0.2) is 0 Å². The molecule has 0 saturated carbocycles. The van der Waals surface area contributed by atoms with Gasteiger partial charge < -0.3 is 0 Å². The van der Waals surface area contributed by atoms with Crippen LogP contribution in [0.4, 0.5) is 0 Å². The molecule has 0 heterocycles. The smallest absolute Gasteiger partial charge is 0.0332 e. The van der Waals surface area contributed by atoms with Gasteiger partial charge in [-0.2, -0.15) is 0 Å². The third-order valence-corrected chi connectivity index (χ3v) is 4.54. The lowest BCUT2D eigenvalue weighted by molar-refractivity contribution is 0.796. The minimum absolute atomic E-state index is 1.17. The minimum atomic E-state index is 1.17. The molecule has 0 aliphatic carbocycles. The Labute approximate surface area is 122 Å². The van der Waals surface area contributed by atoms with E-state index in [0.717, 1.165) is 0 Å². The van der Waals surface area contributed by atoms with Crippen LogP contribution in [0.2, 0.25) is 0 Å². The molecule has 19 heavy (non-hydrogen) atoms. The Hall–Kier alpha value is -1.34. The molecule has 3 aromatic rings. The van der Waals surface area contributed by atoms with Gasteiger partial charge in [-0.05, 0) is 61.9 Å². The van der Waals surface area contributed by atoms with Gasteiger partial charge in [0.2, 0.25) is 0 Å². The molecule has 0 fully saturated rings. The van der Waals surface area contributed by atoms with E-state index in [9.17, 15) is 0 Å². The first-order valence-corrected chi connectivity index (χ1v) is 7.69. The summed E-state index contributed by atoms with van der Waals surface area (Å²) in [5, 5.41) is 5.23. The van der Waals surface area contributed by atoms with Crippen molar-refractivity contribution in [2.75, 3.05) is 0 Å². The van der Waals surface area contributed by atoms with E-state index in [4.69, 9.17) is 0 Å². The van der Waals surface area contributed by atoms with Crippen LogP contribution in [0.5, 0.6) is 0 Å². The summed E-state index contributed by atoms with van der Waals surface area (Å²) in [6.45, 7) is 2.24. The topological polar surface area (TPSA) is 0 Å². The molecular weight excluding hydrogens is 296 g/mol. The van der Waals surface area contributed by atoms with E-state index in [1.165, 1.54) is 50.8 Å². The normalized spacial score (nSPS) is 11.3. The van der Waals surface area contributed by atoms with Crippen LogP contribution in [0, 0.1) is 0 Å². The van der Waals surface area contributed by atoms with E-state index in [0.29, 0.717) is 0 Å². The van der Waals surface area contributed by atoms with Crippen LogP contribution in [-0.4, -0.2) is 0 Å². The summed E-state index contributed by atoms with van der Waals surface area (Å²) in [5.74, 6) is 0. The molecule has 3 aromatic carbocycles. The molecule has 0 saturated heterocycles. The minimum Gasteiger partial charge on any atom is -0.0654 e. The molecule has 1 heteroatoms. The highest BCUT2D eigenvalue weighted by Crippen LogP contribution is 2.33. The largest absolute Gasteiger partial charge is 0.0654 e. The molecule has 0 spiro atoms. The maximum atomic E-state index is 3.78. The Morgan fingerprint density at radius 2 is 1.68 bits per heavy atom. The highest BCUT2D eigenvalue weighted by molar-refractivity contribution is 9.10. The van der Waals surface area contributed by atoms with Gasteiger partial charge in [0, 0.05) is 4.47 Å². The maximum Gasteiger partial charge on any atom is 0.0332 e. The highest BCUT2D eigenvalue weighted by atomic mass is 79.9. The molecule has 0 atom stereocenters. The van der Waals surface area contributed by atoms with E-state index >= 15 is 0 Å². The predicted molar refractivity (Wildman–Crippen MR) is 87.8 cm³/mol. The molecule has 0 nitrogen and oxygen atoms in total. The van der Waals surface area contributed by atoms with Gasteiger partial charge in [-0.3, -0.25) is 0 Å². The standard InChI is InChI=1S/C18H17Br/c1-2-3-6-13-9-10-15-12-14-7-4-5-8-16(14)18(19)17(15)11-13/h4-5,7-12H,2-3,6H2,1H3. The van der Waals surface area contributed by atoms with Crippen LogP contribution in [0.1, 0.15) is 25.3 Å². The Morgan fingerprint density at radius 1 is 0.895 bits per heavy atom. The van der Waals surface area contributed by atoms with Crippen LogP contribution in [-0.2, 0) is 6.42 Å². The first-order chi connectivity index (χ1) is 9.29. The number of benzene rings is 3. The Bertz CT molecular complexity index is 728. The van der Waals surface area contributed by atoms with E-state index in [2.05, 4.69) is 71.4 Å². The third kappa shape index (κ3) is 2.40. The zero-order valence-corrected chi connectivity index (χ0v) is 12.7. The Balaban J connectivity index is 2.21. The number of halogens is 1. The van der Waals surface area contributed by atoms with Crippen molar-refractivity contribution in [1.82, 2.24) is 0 Å². The summed E-state index contributed by atoms with van der Waals surface area (Å²) in [6, 6.07) is 17.7. The zero-order chi connectivity index (χ0) is 13.2. The van der Waals surface area contributed by atoms with Crippen molar-refractivity contribution in [3.8, 4) is 0 Å². The van der Waals surface area contributed by atoms with Gasteiger partial charge in [-0.15, -0.1) is 0 Å².